The molecule has 88 valence electrons. The normalized spacial score (nSPS) is 10.5. The van der Waals surface area contributed by atoms with Gasteiger partial charge >= 0.3 is 0 Å². The van der Waals surface area contributed by atoms with Crippen LogP contribution in [0.3, 0.4) is 0 Å². The highest BCUT2D eigenvalue weighted by molar-refractivity contribution is 5.80. The van der Waals surface area contributed by atoms with E-state index in [1.807, 2.05) is 25.1 Å². The minimum Gasteiger partial charge on any atom is -0.398 e. The molecule has 1 aromatic carbocycles. The molecule has 3 heteroatoms. The SMILES string of the molecule is Cc1ccc(CC(=O)NCC(C)C)c(N)c1. The molecule has 0 saturated heterocycles. The molecule has 1 rings (SSSR count). The van der Waals surface area contributed by atoms with Crippen LogP contribution in [-0.2, 0) is 11.2 Å². The number of carbonyl (C=O) groups is 1. The summed E-state index contributed by atoms with van der Waals surface area (Å²) in [5.41, 5.74) is 8.55. The van der Waals surface area contributed by atoms with Crippen LogP contribution in [0.1, 0.15) is 25.0 Å². The number of nitrogens with two attached hydrogens (primary N) is 1. The second-order valence-electron chi connectivity index (χ2n) is 4.58. The maximum Gasteiger partial charge on any atom is 0.224 e. The third kappa shape index (κ3) is 3.93. The van der Waals surface area contributed by atoms with Crippen LogP contribution in [0.4, 0.5) is 5.69 Å². The molecule has 0 saturated carbocycles. The molecule has 0 bridgehead atoms. The number of nitrogen functional groups attached to an aromatic ring is 1. The number of anilines is 1. The van der Waals surface area contributed by atoms with Crippen molar-refractivity contribution < 1.29 is 4.79 Å². The summed E-state index contributed by atoms with van der Waals surface area (Å²) >= 11 is 0. The summed E-state index contributed by atoms with van der Waals surface area (Å²) in [6.45, 7) is 6.84. The van der Waals surface area contributed by atoms with Crippen molar-refractivity contribution in [1.82, 2.24) is 5.32 Å². The summed E-state index contributed by atoms with van der Waals surface area (Å²) < 4.78 is 0. The van der Waals surface area contributed by atoms with Gasteiger partial charge in [-0.25, -0.2) is 0 Å². The molecule has 1 aromatic rings. The van der Waals surface area contributed by atoms with Gasteiger partial charge in [0.2, 0.25) is 5.91 Å². The van der Waals surface area contributed by atoms with E-state index in [0.717, 1.165) is 11.1 Å². The quantitative estimate of drug-likeness (QED) is 0.761. The van der Waals surface area contributed by atoms with Crippen molar-refractivity contribution in [3.63, 3.8) is 0 Å². The average molecular weight is 220 g/mol. The van der Waals surface area contributed by atoms with Crippen molar-refractivity contribution in [2.75, 3.05) is 12.3 Å². The molecule has 3 N–H and O–H groups in total. The van der Waals surface area contributed by atoms with Crippen molar-refractivity contribution in [3.8, 4) is 0 Å². The van der Waals surface area contributed by atoms with E-state index in [1.54, 1.807) is 0 Å². The first-order valence-corrected chi connectivity index (χ1v) is 5.60. The van der Waals surface area contributed by atoms with Crippen molar-refractivity contribution in [1.29, 1.82) is 0 Å². The molecule has 0 aromatic heterocycles. The van der Waals surface area contributed by atoms with Gasteiger partial charge in [0.15, 0.2) is 0 Å². The summed E-state index contributed by atoms with van der Waals surface area (Å²) in [6.07, 6.45) is 0.360. The van der Waals surface area contributed by atoms with E-state index < -0.39 is 0 Å². The number of hydrogen-bond donors (Lipinski definition) is 2. The van der Waals surface area contributed by atoms with E-state index in [2.05, 4.69) is 19.2 Å². The fraction of sp³-hybridized carbons (Fsp3) is 0.462. The molecule has 0 heterocycles. The van der Waals surface area contributed by atoms with Gasteiger partial charge in [0, 0.05) is 12.2 Å². The van der Waals surface area contributed by atoms with E-state index in [0.29, 0.717) is 24.6 Å². The topological polar surface area (TPSA) is 55.1 Å². The summed E-state index contributed by atoms with van der Waals surface area (Å²) in [6, 6.07) is 5.78. The molecule has 1 amide bonds. The fourth-order valence-electron chi connectivity index (χ4n) is 1.43. The van der Waals surface area contributed by atoms with Crippen LogP contribution in [0.2, 0.25) is 0 Å². The third-order valence-electron chi connectivity index (χ3n) is 2.36. The van der Waals surface area contributed by atoms with E-state index in [-0.39, 0.29) is 5.91 Å². The first-order valence-electron chi connectivity index (χ1n) is 5.60. The van der Waals surface area contributed by atoms with Crippen molar-refractivity contribution in [3.05, 3.63) is 29.3 Å². The lowest BCUT2D eigenvalue weighted by atomic mass is 10.1. The monoisotopic (exact) mass is 220 g/mol. The minimum atomic E-state index is 0.0317. The van der Waals surface area contributed by atoms with Gasteiger partial charge in [-0.2, -0.15) is 0 Å². The average Bonchev–Trinajstić information content (AvgIpc) is 2.19. The fourth-order valence-corrected chi connectivity index (χ4v) is 1.43. The Hall–Kier alpha value is -1.51. The first kappa shape index (κ1) is 12.6. The van der Waals surface area contributed by atoms with Crippen LogP contribution in [0.5, 0.6) is 0 Å². The first-order chi connectivity index (χ1) is 7.49. The summed E-state index contributed by atoms with van der Waals surface area (Å²) in [7, 11) is 0. The molecule has 0 unspecified atom stereocenters. The molecule has 0 radical (unpaired) electrons. The highest BCUT2D eigenvalue weighted by Crippen LogP contribution is 2.14. The molecule has 0 aliphatic heterocycles. The van der Waals surface area contributed by atoms with Crippen LogP contribution in [-0.4, -0.2) is 12.5 Å². The van der Waals surface area contributed by atoms with Crippen molar-refractivity contribution in [2.24, 2.45) is 5.92 Å². The molecule has 16 heavy (non-hydrogen) atoms. The van der Waals surface area contributed by atoms with Crippen LogP contribution in [0.15, 0.2) is 18.2 Å². The number of benzene rings is 1. The van der Waals surface area contributed by atoms with Crippen LogP contribution >= 0.6 is 0 Å². The maximum absolute atomic E-state index is 11.6. The molecule has 0 aliphatic rings. The summed E-state index contributed by atoms with van der Waals surface area (Å²) in [5.74, 6) is 0.503. The van der Waals surface area contributed by atoms with Gasteiger partial charge in [-0.1, -0.05) is 26.0 Å². The summed E-state index contributed by atoms with van der Waals surface area (Å²) in [4.78, 5) is 11.6. The van der Waals surface area contributed by atoms with Gasteiger partial charge in [0.25, 0.3) is 0 Å². The Labute approximate surface area is 97.0 Å². The van der Waals surface area contributed by atoms with Gasteiger partial charge in [-0.15, -0.1) is 0 Å². The lowest BCUT2D eigenvalue weighted by Crippen LogP contribution is -2.28. The van der Waals surface area contributed by atoms with Crippen molar-refractivity contribution >= 4 is 11.6 Å². The Kier molecular flexibility index (Phi) is 4.35. The number of carbonyl (C=O) groups excluding carboxylic acids is 1. The Morgan fingerprint density at radius 2 is 2.12 bits per heavy atom. The molecule has 0 aliphatic carbocycles. The predicted octanol–water partition coefficient (Wildman–Crippen LogP) is 1.89. The van der Waals surface area contributed by atoms with E-state index >= 15 is 0 Å². The van der Waals surface area contributed by atoms with Crippen LogP contribution < -0.4 is 11.1 Å². The lowest BCUT2D eigenvalue weighted by molar-refractivity contribution is -0.120. The number of hydrogen-bond acceptors (Lipinski definition) is 2. The van der Waals surface area contributed by atoms with E-state index in [9.17, 15) is 4.79 Å². The minimum absolute atomic E-state index is 0.0317. The molecular formula is C13H20N2O. The predicted molar refractivity (Wildman–Crippen MR) is 67.1 cm³/mol. The second kappa shape index (κ2) is 5.54. The Morgan fingerprint density at radius 1 is 1.44 bits per heavy atom. The molecule has 0 atom stereocenters. The number of aryl methyl sites for hydroxylation is 1. The third-order valence-corrected chi connectivity index (χ3v) is 2.36. The van der Waals surface area contributed by atoms with Gasteiger partial charge < -0.3 is 11.1 Å². The zero-order valence-electron chi connectivity index (χ0n) is 10.2. The largest absolute Gasteiger partial charge is 0.398 e. The second-order valence-corrected chi connectivity index (χ2v) is 4.58. The molecular weight excluding hydrogens is 200 g/mol. The highest BCUT2D eigenvalue weighted by atomic mass is 16.1. The van der Waals surface area contributed by atoms with E-state index in [1.165, 1.54) is 0 Å². The summed E-state index contributed by atoms with van der Waals surface area (Å²) in [5, 5.41) is 2.88. The Balaban J connectivity index is 2.56. The van der Waals surface area contributed by atoms with Crippen LogP contribution in [0, 0.1) is 12.8 Å². The molecule has 0 fully saturated rings. The zero-order chi connectivity index (χ0) is 12.1. The van der Waals surface area contributed by atoms with Crippen molar-refractivity contribution in [2.45, 2.75) is 27.2 Å². The number of nitrogens with one attached hydrogen (secondary N) is 1. The van der Waals surface area contributed by atoms with Gasteiger partial charge in [0.1, 0.15) is 0 Å². The Morgan fingerprint density at radius 3 is 2.69 bits per heavy atom. The highest BCUT2D eigenvalue weighted by Gasteiger charge is 2.06. The molecule has 3 nitrogen and oxygen atoms in total. The maximum atomic E-state index is 11.6. The van der Waals surface area contributed by atoms with Gasteiger partial charge in [0.05, 0.1) is 6.42 Å². The molecule has 0 spiro atoms. The Bertz CT molecular complexity index is 372. The number of amides is 1. The standard InChI is InChI=1S/C13H20N2O/c1-9(2)8-15-13(16)7-11-5-4-10(3)6-12(11)14/h4-6,9H,7-8,14H2,1-3H3,(H,15,16). The van der Waals surface area contributed by atoms with Gasteiger partial charge in [-0.3, -0.25) is 4.79 Å². The van der Waals surface area contributed by atoms with E-state index in [4.69, 9.17) is 5.73 Å². The lowest BCUT2D eigenvalue weighted by Gasteiger charge is -2.09. The van der Waals surface area contributed by atoms with Gasteiger partial charge in [-0.05, 0) is 30.0 Å². The zero-order valence-corrected chi connectivity index (χ0v) is 10.2. The smallest absolute Gasteiger partial charge is 0.224 e. The van der Waals surface area contributed by atoms with Crippen LogP contribution in [0.25, 0.3) is 0 Å². The number of rotatable bonds is 4.